The molecule has 0 unspecified atom stereocenters. The van der Waals surface area contributed by atoms with Gasteiger partial charge in [0.15, 0.2) is 11.3 Å². The molecular weight excluding hydrogens is 302 g/mol. The van der Waals surface area contributed by atoms with E-state index >= 15 is 0 Å². The summed E-state index contributed by atoms with van der Waals surface area (Å²) in [5.74, 6) is 1.65. The zero-order valence-corrected chi connectivity index (χ0v) is 14.3. The van der Waals surface area contributed by atoms with Crippen LogP contribution in [0.2, 0.25) is 0 Å². The van der Waals surface area contributed by atoms with E-state index in [1.165, 1.54) is 0 Å². The van der Waals surface area contributed by atoms with Gasteiger partial charge < -0.3 is 14.1 Å². The SMILES string of the molecule is CCN=c1cc2oc3cc4c(cc3nc-2cc1C)OCCN4CC. The van der Waals surface area contributed by atoms with Gasteiger partial charge in [0.25, 0.3) is 0 Å². The molecule has 0 spiro atoms. The minimum atomic E-state index is 0.706. The fraction of sp³-hybridized carbons (Fsp3) is 0.368. The van der Waals surface area contributed by atoms with Crippen molar-refractivity contribution in [3.8, 4) is 17.2 Å². The van der Waals surface area contributed by atoms with Gasteiger partial charge in [0.05, 0.1) is 17.6 Å². The Kier molecular flexibility index (Phi) is 3.63. The van der Waals surface area contributed by atoms with Gasteiger partial charge >= 0.3 is 0 Å². The standard InChI is InChI=1S/C19H21N3O2/c1-4-20-13-9-17-14(8-12(13)3)21-15-10-19-16(11-18(15)24-17)22(5-2)6-7-23-19/h8-11H,4-7H2,1-3H3. The Labute approximate surface area is 140 Å². The summed E-state index contributed by atoms with van der Waals surface area (Å²) in [6.07, 6.45) is 0. The summed E-state index contributed by atoms with van der Waals surface area (Å²) in [7, 11) is 0. The molecule has 2 heterocycles. The van der Waals surface area contributed by atoms with Crippen LogP contribution in [0, 0.1) is 6.92 Å². The molecule has 4 rings (SSSR count). The van der Waals surface area contributed by atoms with Crippen LogP contribution >= 0.6 is 0 Å². The van der Waals surface area contributed by atoms with Crippen LogP contribution in [-0.2, 0) is 0 Å². The number of rotatable bonds is 2. The smallest absolute Gasteiger partial charge is 0.155 e. The molecule has 0 saturated heterocycles. The summed E-state index contributed by atoms with van der Waals surface area (Å²) >= 11 is 0. The van der Waals surface area contributed by atoms with Crippen LogP contribution in [0.1, 0.15) is 19.4 Å². The molecule has 24 heavy (non-hydrogen) atoms. The van der Waals surface area contributed by atoms with Gasteiger partial charge in [-0.3, -0.25) is 4.99 Å². The summed E-state index contributed by atoms with van der Waals surface area (Å²) in [4.78, 5) is 11.6. The largest absolute Gasteiger partial charge is 0.489 e. The average Bonchev–Trinajstić information content (AvgIpc) is 2.59. The lowest BCUT2D eigenvalue weighted by Crippen LogP contribution is -2.32. The number of hydrogen-bond donors (Lipinski definition) is 0. The number of likely N-dealkylation sites (N-methyl/N-ethyl adjacent to an activating group) is 1. The van der Waals surface area contributed by atoms with E-state index in [9.17, 15) is 0 Å². The number of benzene rings is 2. The van der Waals surface area contributed by atoms with E-state index in [0.29, 0.717) is 6.61 Å². The van der Waals surface area contributed by atoms with E-state index in [2.05, 4.69) is 23.7 Å². The molecule has 0 saturated carbocycles. The summed E-state index contributed by atoms with van der Waals surface area (Å²) in [6, 6.07) is 8.03. The summed E-state index contributed by atoms with van der Waals surface area (Å²) in [5.41, 5.74) is 4.62. The molecule has 0 fully saturated rings. The third-order valence-corrected chi connectivity index (χ3v) is 4.45. The first-order chi connectivity index (χ1) is 11.7. The van der Waals surface area contributed by atoms with Gasteiger partial charge in [0.2, 0.25) is 0 Å². The maximum Gasteiger partial charge on any atom is 0.155 e. The minimum absolute atomic E-state index is 0.706. The molecule has 1 aromatic carbocycles. The maximum absolute atomic E-state index is 6.14. The number of nitrogens with zero attached hydrogens (tertiary/aromatic N) is 3. The van der Waals surface area contributed by atoms with Crippen LogP contribution in [0.5, 0.6) is 5.75 Å². The van der Waals surface area contributed by atoms with Crippen LogP contribution in [0.3, 0.4) is 0 Å². The number of hydrogen-bond acceptors (Lipinski definition) is 5. The van der Waals surface area contributed by atoms with Crippen LogP contribution in [0.4, 0.5) is 5.69 Å². The van der Waals surface area contributed by atoms with Crippen molar-refractivity contribution in [1.82, 2.24) is 4.98 Å². The van der Waals surface area contributed by atoms with E-state index in [1.807, 2.05) is 31.2 Å². The molecule has 5 nitrogen and oxygen atoms in total. The Morgan fingerprint density at radius 2 is 2.08 bits per heavy atom. The second-order valence-electron chi connectivity index (χ2n) is 6.01. The van der Waals surface area contributed by atoms with Crippen molar-refractivity contribution in [2.24, 2.45) is 4.99 Å². The number of ether oxygens (including phenoxy) is 1. The minimum Gasteiger partial charge on any atom is -0.489 e. The van der Waals surface area contributed by atoms with Gasteiger partial charge in [0, 0.05) is 31.3 Å². The Hall–Kier alpha value is -2.56. The fourth-order valence-corrected chi connectivity index (χ4v) is 3.21. The normalized spacial score (nSPS) is 15.0. The van der Waals surface area contributed by atoms with Crippen molar-refractivity contribution in [2.45, 2.75) is 20.8 Å². The van der Waals surface area contributed by atoms with Gasteiger partial charge in [-0.2, -0.15) is 0 Å². The molecule has 0 amide bonds. The molecule has 124 valence electrons. The number of aromatic nitrogens is 1. The summed E-state index contributed by atoms with van der Waals surface area (Å²) in [6.45, 7) is 9.54. The second kappa shape index (κ2) is 5.82. The highest BCUT2D eigenvalue weighted by atomic mass is 16.5. The summed E-state index contributed by atoms with van der Waals surface area (Å²) < 4.78 is 12.0. The third kappa shape index (κ3) is 2.40. The highest BCUT2D eigenvalue weighted by Crippen LogP contribution is 2.36. The first kappa shape index (κ1) is 15.0. The molecule has 0 aromatic heterocycles. The quantitative estimate of drug-likeness (QED) is 0.678. The Balaban J connectivity index is 1.97. The Morgan fingerprint density at radius 3 is 2.88 bits per heavy atom. The van der Waals surface area contributed by atoms with E-state index in [4.69, 9.17) is 14.1 Å². The highest BCUT2D eigenvalue weighted by molar-refractivity contribution is 5.84. The number of fused-ring (bicyclic) bond motifs is 3. The van der Waals surface area contributed by atoms with Crippen molar-refractivity contribution in [3.05, 3.63) is 35.2 Å². The predicted octanol–water partition coefficient (Wildman–Crippen LogP) is 3.38. The van der Waals surface area contributed by atoms with Crippen molar-refractivity contribution in [3.63, 3.8) is 0 Å². The maximum atomic E-state index is 6.14. The van der Waals surface area contributed by atoms with Crippen molar-refractivity contribution in [2.75, 3.05) is 31.1 Å². The predicted molar refractivity (Wildman–Crippen MR) is 94.9 cm³/mol. The monoisotopic (exact) mass is 323 g/mol. The van der Waals surface area contributed by atoms with E-state index in [-0.39, 0.29) is 0 Å². The van der Waals surface area contributed by atoms with Gasteiger partial charge in [-0.15, -0.1) is 0 Å². The Bertz CT molecular complexity index is 945. The van der Waals surface area contributed by atoms with Crippen LogP contribution in [0.15, 0.2) is 33.7 Å². The first-order valence-electron chi connectivity index (χ1n) is 8.47. The van der Waals surface area contributed by atoms with E-state index < -0.39 is 0 Å². The van der Waals surface area contributed by atoms with Crippen LogP contribution in [0.25, 0.3) is 22.6 Å². The van der Waals surface area contributed by atoms with Crippen molar-refractivity contribution >= 4 is 16.8 Å². The van der Waals surface area contributed by atoms with Crippen molar-refractivity contribution < 1.29 is 9.15 Å². The van der Waals surface area contributed by atoms with E-state index in [0.717, 1.165) is 64.5 Å². The molecule has 0 bridgehead atoms. The van der Waals surface area contributed by atoms with E-state index in [1.54, 1.807) is 0 Å². The molecular formula is C19H21N3O2. The lowest BCUT2D eigenvalue weighted by molar-refractivity contribution is 0.308. The number of aryl methyl sites for hydroxylation is 1. The molecule has 0 atom stereocenters. The van der Waals surface area contributed by atoms with Gasteiger partial charge in [-0.25, -0.2) is 4.98 Å². The number of anilines is 1. The lowest BCUT2D eigenvalue weighted by Gasteiger charge is -2.30. The average molecular weight is 323 g/mol. The molecule has 1 aromatic rings. The van der Waals surface area contributed by atoms with Crippen LogP contribution in [-0.4, -0.2) is 31.2 Å². The summed E-state index contributed by atoms with van der Waals surface area (Å²) in [5, 5.41) is 0.964. The zero-order valence-electron chi connectivity index (χ0n) is 14.3. The second-order valence-corrected chi connectivity index (χ2v) is 6.01. The molecule has 2 aliphatic heterocycles. The zero-order chi connectivity index (χ0) is 16.7. The lowest BCUT2D eigenvalue weighted by atomic mass is 10.1. The Morgan fingerprint density at radius 1 is 1.21 bits per heavy atom. The molecule has 1 aliphatic carbocycles. The molecule has 0 N–H and O–H groups in total. The van der Waals surface area contributed by atoms with Crippen LogP contribution < -0.4 is 15.0 Å². The molecule has 0 radical (unpaired) electrons. The molecule has 3 aliphatic rings. The van der Waals surface area contributed by atoms with Gasteiger partial charge in [0.1, 0.15) is 23.6 Å². The highest BCUT2D eigenvalue weighted by Gasteiger charge is 2.20. The van der Waals surface area contributed by atoms with Gasteiger partial charge in [-0.1, -0.05) is 0 Å². The van der Waals surface area contributed by atoms with Crippen molar-refractivity contribution in [1.29, 1.82) is 0 Å². The topological polar surface area (TPSA) is 50.9 Å². The fourth-order valence-electron chi connectivity index (χ4n) is 3.21. The first-order valence-corrected chi connectivity index (χ1v) is 8.47. The molecule has 5 heteroatoms. The third-order valence-electron chi connectivity index (χ3n) is 4.45. The van der Waals surface area contributed by atoms with Gasteiger partial charge in [-0.05, 0) is 32.4 Å².